The number of hydrogen-bond donors (Lipinski definition) is 2. The van der Waals surface area contributed by atoms with E-state index in [4.69, 9.17) is 4.74 Å². The number of benzene rings is 3. The Labute approximate surface area is 246 Å². The van der Waals surface area contributed by atoms with Crippen molar-refractivity contribution in [2.45, 2.75) is 13.8 Å². The first-order valence-electron chi connectivity index (χ1n) is 11.7. The third kappa shape index (κ3) is 7.59. The third-order valence-electron chi connectivity index (χ3n) is 5.71. The zero-order valence-electron chi connectivity index (χ0n) is 20.9. The van der Waals surface area contributed by atoms with Crippen LogP contribution in [0.4, 0.5) is 16.2 Å². The lowest BCUT2D eigenvalue weighted by atomic mass is 10.1. The average molecular weight is 673 g/mol. The molecule has 8 nitrogen and oxygen atoms in total. The van der Waals surface area contributed by atoms with Gasteiger partial charge in [-0.1, -0.05) is 28.1 Å². The highest BCUT2D eigenvalue weighted by molar-refractivity contribution is 9.10. The van der Waals surface area contributed by atoms with Crippen molar-refractivity contribution in [3.05, 3.63) is 91.2 Å². The van der Waals surface area contributed by atoms with Crippen molar-refractivity contribution in [2.75, 3.05) is 23.8 Å². The number of thioether (sulfide) groups is 1. The second-order valence-corrected chi connectivity index (χ2v) is 11.4. The van der Waals surface area contributed by atoms with Crippen molar-refractivity contribution in [3.63, 3.8) is 0 Å². The number of nitrogens with one attached hydrogen (secondary N) is 2. The SMILES string of the molecule is Cc1cc(Br)c(NC(=O)COc2ccc(/C=C3/SC(=O)N(CC(=O)Nc4ccc(Br)cc4)C3=O)cc2)cc1C. The quantitative estimate of drug-likeness (QED) is 0.264. The molecule has 3 aromatic carbocycles. The van der Waals surface area contributed by atoms with Gasteiger partial charge in [-0.15, -0.1) is 0 Å². The maximum Gasteiger partial charge on any atom is 0.294 e. The van der Waals surface area contributed by atoms with E-state index in [0.29, 0.717) is 22.7 Å². The van der Waals surface area contributed by atoms with Gasteiger partial charge in [0.1, 0.15) is 12.3 Å². The summed E-state index contributed by atoms with van der Waals surface area (Å²) in [5, 5.41) is 4.98. The van der Waals surface area contributed by atoms with Crippen LogP contribution in [0.3, 0.4) is 0 Å². The summed E-state index contributed by atoms with van der Waals surface area (Å²) < 4.78 is 7.24. The summed E-state index contributed by atoms with van der Waals surface area (Å²) in [7, 11) is 0. The number of carbonyl (C=O) groups excluding carboxylic acids is 4. The van der Waals surface area contributed by atoms with Crippen LogP contribution in [0.25, 0.3) is 6.08 Å². The first-order chi connectivity index (χ1) is 18.6. The molecule has 1 fully saturated rings. The fraction of sp³-hybridized carbons (Fsp3) is 0.143. The van der Waals surface area contributed by atoms with E-state index in [1.165, 1.54) is 0 Å². The Kier molecular flexibility index (Phi) is 9.26. The number of ether oxygens (including phenoxy) is 1. The molecule has 0 radical (unpaired) electrons. The van der Waals surface area contributed by atoms with E-state index in [2.05, 4.69) is 42.5 Å². The van der Waals surface area contributed by atoms with Gasteiger partial charge in [-0.25, -0.2) is 0 Å². The molecule has 1 saturated heterocycles. The molecule has 39 heavy (non-hydrogen) atoms. The van der Waals surface area contributed by atoms with Gasteiger partial charge in [-0.05, 0) is 113 Å². The van der Waals surface area contributed by atoms with Gasteiger partial charge in [0.25, 0.3) is 17.1 Å². The number of nitrogens with zero attached hydrogens (tertiary/aromatic N) is 1. The summed E-state index contributed by atoms with van der Waals surface area (Å²) >= 11 is 7.55. The van der Waals surface area contributed by atoms with Crippen molar-refractivity contribution in [3.8, 4) is 5.75 Å². The van der Waals surface area contributed by atoms with E-state index >= 15 is 0 Å². The molecule has 1 aliphatic heterocycles. The lowest BCUT2D eigenvalue weighted by Gasteiger charge is -2.12. The fourth-order valence-electron chi connectivity index (χ4n) is 3.54. The predicted molar refractivity (Wildman–Crippen MR) is 160 cm³/mol. The fourth-order valence-corrected chi connectivity index (χ4v) is 5.20. The first-order valence-corrected chi connectivity index (χ1v) is 14.1. The van der Waals surface area contributed by atoms with E-state index in [1.807, 2.05) is 26.0 Å². The Morgan fingerprint density at radius 1 is 0.923 bits per heavy atom. The highest BCUT2D eigenvalue weighted by atomic mass is 79.9. The summed E-state index contributed by atoms with van der Waals surface area (Å²) in [5.41, 5.74) is 4.07. The molecule has 0 atom stereocenters. The van der Waals surface area contributed by atoms with Crippen LogP contribution in [-0.4, -0.2) is 41.0 Å². The van der Waals surface area contributed by atoms with Crippen molar-refractivity contribution < 1.29 is 23.9 Å². The Morgan fingerprint density at radius 2 is 1.59 bits per heavy atom. The molecule has 0 saturated carbocycles. The van der Waals surface area contributed by atoms with Crippen LogP contribution in [0.5, 0.6) is 5.75 Å². The molecular formula is C28H23Br2N3O5S. The normalized spacial score (nSPS) is 14.1. The molecule has 0 aliphatic carbocycles. The lowest BCUT2D eigenvalue weighted by Crippen LogP contribution is -2.36. The Balaban J connectivity index is 1.31. The number of aryl methyl sites for hydroxylation is 2. The van der Waals surface area contributed by atoms with Gasteiger partial charge >= 0.3 is 0 Å². The van der Waals surface area contributed by atoms with Gasteiger partial charge in [0.05, 0.1) is 10.6 Å². The molecule has 200 valence electrons. The Bertz CT molecular complexity index is 1470. The zero-order valence-corrected chi connectivity index (χ0v) is 24.9. The molecule has 2 N–H and O–H groups in total. The summed E-state index contributed by atoms with van der Waals surface area (Å²) in [6.07, 6.45) is 1.57. The van der Waals surface area contributed by atoms with Gasteiger partial charge in [-0.3, -0.25) is 24.1 Å². The molecular weight excluding hydrogens is 650 g/mol. The van der Waals surface area contributed by atoms with Crippen LogP contribution in [0, 0.1) is 13.8 Å². The van der Waals surface area contributed by atoms with Gasteiger partial charge < -0.3 is 15.4 Å². The topological polar surface area (TPSA) is 105 Å². The van der Waals surface area contributed by atoms with Crippen LogP contribution in [0.2, 0.25) is 0 Å². The average Bonchev–Trinajstić information content (AvgIpc) is 3.15. The number of hydrogen-bond acceptors (Lipinski definition) is 6. The van der Waals surface area contributed by atoms with Gasteiger partial charge in [-0.2, -0.15) is 0 Å². The summed E-state index contributed by atoms with van der Waals surface area (Å²) in [4.78, 5) is 51.0. The smallest absolute Gasteiger partial charge is 0.294 e. The van der Waals surface area contributed by atoms with Gasteiger partial charge in [0.2, 0.25) is 5.91 Å². The Morgan fingerprint density at radius 3 is 2.28 bits per heavy atom. The highest BCUT2D eigenvalue weighted by Crippen LogP contribution is 2.32. The second kappa shape index (κ2) is 12.6. The molecule has 11 heteroatoms. The number of anilines is 2. The largest absolute Gasteiger partial charge is 0.484 e. The van der Waals surface area contributed by atoms with Crippen LogP contribution < -0.4 is 15.4 Å². The Hall–Kier alpha value is -3.41. The van der Waals surface area contributed by atoms with Crippen LogP contribution >= 0.6 is 43.6 Å². The van der Waals surface area contributed by atoms with E-state index in [-0.39, 0.29) is 24.0 Å². The van der Waals surface area contributed by atoms with Crippen molar-refractivity contribution >= 4 is 84.0 Å². The number of imide groups is 1. The summed E-state index contributed by atoms with van der Waals surface area (Å²) in [6.45, 7) is 3.40. The maximum absolute atomic E-state index is 12.8. The van der Waals surface area contributed by atoms with E-state index in [1.54, 1.807) is 54.6 Å². The minimum absolute atomic E-state index is 0.181. The first kappa shape index (κ1) is 28.6. The predicted octanol–water partition coefficient (Wildman–Crippen LogP) is 6.52. The van der Waals surface area contributed by atoms with Crippen LogP contribution in [0.15, 0.2) is 74.5 Å². The number of carbonyl (C=O) groups is 4. The number of halogens is 2. The van der Waals surface area contributed by atoms with E-state index < -0.39 is 17.1 Å². The standard InChI is InChI=1S/C28H23Br2N3O5S/c1-16-11-22(30)23(12-17(16)2)32-26(35)15-38-21-9-3-18(4-10-21)13-24-27(36)33(28(37)39-24)14-25(34)31-20-7-5-19(29)6-8-20/h3-13H,14-15H2,1-2H3,(H,31,34)(H,32,35)/b24-13+. The van der Waals surface area contributed by atoms with E-state index in [0.717, 1.165) is 36.7 Å². The van der Waals surface area contributed by atoms with Crippen molar-refractivity contribution in [1.29, 1.82) is 0 Å². The van der Waals surface area contributed by atoms with Crippen LogP contribution in [-0.2, 0) is 14.4 Å². The van der Waals surface area contributed by atoms with Crippen molar-refractivity contribution in [1.82, 2.24) is 4.90 Å². The highest BCUT2D eigenvalue weighted by Gasteiger charge is 2.36. The molecule has 1 heterocycles. The molecule has 0 aromatic heterocycles. The zero-order chi connectivity index (χ0) is 28.1. The second-order valence-electron chi connectivity index (χ2n) is 8.65. The van der Waals surface area contributed by atoms with Crippen LogP contribution in [0.1, 0.15) is 16.7 Å². The monoisotopic (exact) mass is 671 g/mol. The molecule has 4 rings (SSSR count). The van der Waals surface area contributed by atoms with Gasteiger partial charge in [0.15, 0.2) is 6.61 Å². The minimum atomic E-state index is -0.537. The van der Waals surface area contributed by atoms with Gasteiger partial charge in [0, 0.05) is 14.6 Å². The molecule has 0 bridgehead atoms. The molecule has 1 aliphatic rings. The maximum atomic E-state index is 12.8. The molecule has 3 aromatic rings. The molecule has 0 unspecified atom stereocenters. The number of rotatable bonds is 8. The summed E-state index contributed by atoms with van der Waals surface area (Å²) in [6, 6.07) is 17.5. The lowest BCUT2D eigenvalue weighted by molar-refractivity contribution is -0.127. The molecule has 0 spiro atoms. The third-order valence-corrected chi connectivity index (χ3v) is 7.80. The van der Waals surface area contributed by atoms with E-state index in [9.17, 15) is 19.2 Å². The molecule has 4 amide bonds. The number of amides is 4. The van der Waals surface area contributed by atoms with Crippen molar-refractivity contribution in [2.24, 2.45) is 0 Å². The minimum Gasteiger partial charge on any atom is -0.484 e. The summed E-state index contributed by atoms with van der Waals surface area (Å²) in [5.74, 6) is -0.846.